The highest BCUT2D eigenvalue weighted by Gasteiger charge is 2.29. The van der Waals surface area contributed by atoms with Crippen molar-refractivity contribution in [1.82, 2.24) is 29.2 Å². The minimum Gasteiger partial charge on any atom is -0.472 e. The number of nitrogens with zero attached hydrogens (tertiary/aromatic N) is 6. The monoisotopic (exact) mass is 340 g/mol. The van der Waals surface area contributed by atoms with Gasteiger partial charge in [-0.25, -0.2) is 4.98 Å². The Morgan fingerprint density at radius 3 is 3.08 bits per heavy atom. The summed E-state index contributed by atoms with van der Waals surface area (Å²) in [7, 11) is 1.98. The second-order valence-electron chi connectivity index (χ2n) is 6.37. The number of piperidine rings is 1. The summed E-state index contributed by atoms with van der Waals surface area (Å²) >= 11 is 0. The van der Waals surface area contributed by atoms with Crippen molar-refractivity contribution >= 4 is 5.91 Å². The molecule has 1 fully saturated rings. The first-order chi connectivity index (χ1) is 12.2. The van der Waals surface area contributed by atoms with E-state index in [-0.39, 0.29) is 11.8 Å². The molecule has 8 nitrogen and oxygen atoms in total. The summed E-state index contributed by atoms with van der Waals surface area (Å²) in [4.78, 5) is 18.5. The Balaban J connectivity index is 1.50. The summed E-state index contributed by atoms with van der Waals surface area (Å²) in [5.41, 5.74) is 0.597. The zero-order chi connectivity index (χ0) is 17.2. The lowest BCUT2D eigenvalue weighted by molar-refractivity contribution is 0.0702. The fourth-order valence-electron chi connectivity index (χ4n) is 3.35. The van der Waals surface area contributed by atoms with Gasteiger partial charge < -0.3 is 18.5 Å². The molecule has 0 spiro atoms. The molecule has 4 heterocycles. The zero-order valence-electron chi connectivity index (χ0n) is 14.1. The molecule has 0 N–H and O–H groups in total. The minimum absolute atomic E-state index is 0.0132. The van der Waals surface area contributed by atoms with Crippen molar-refractivity contribution < 1.29 is 9.21 Å². The second kappa shape index (κ2) is 6.54. The molecular weight excluding hydrogens is 320 g/mol. The van der Waals surface area contributed by atoms with Crippen molar-refractivity contribution in [3.63, 3.8) is 0 Å². The van der Waals surface area contributed by atoms with Crippen molar-refractivity contribution in [3.8, 4) is 0 Å². The van der Waals surface area contributed by atoms with Gasteiger partial charge in [-0.3, -0.25) is 4.79 Å². The summed E-state index contributed by atoms with van der Waals surface area (Å²) in [5.74, 6) is 2.02. The highest BCUT2D eigenvalue weighted by molar-refractivity contribution is 5.93. The van der Waals surface area contributed by atoms with Crippen molar-refractivity contribution in [2.24, 2.45) is 7.05 Å². The zero-order valence-corrected chi connectivity index (χ0v) is 14.1. The molecule has 1 amide bonds. The molecule has 0 saturated carbocycles. The molecule has 1 saturated heterocycles. The molecule has 1 atom stereocenters. The van der Waals surface area contributed by atoms with Crippen LogP contribution in [-0.4, -0.2) is 48.2 Å². The Morgan fingerprint density at radius 1 is 1.40 bits per heavy atom. The molecule has 0 radical (unpaired) electrons. The molecule has 0 aromatic carbocycles. The molecular formula is C17H20N6O2. The van der Waals surface area contributed by atoms with E-state index in [2.05, 4.69) is 15.2 Å². The first kappa shape index (κ1) is 15.6. The lowest BCUT2D eigenvalue weighted by Crippen LogP contribution is -2.39. The van der Waals surface area contributed by atoms with E-state index in [4.69, 9.17) is 4.42 Å². The summed E-state index contributed by atoms with van der Waals surface area (Å²) in [6.07, 6.45) is 10.4. The number of likely N-dealkylation sites (tertiary alicyclic amines) is 1. The van der Waals surface area contributed by atoms with Crippen molar-refractivity contribution in [1.29, 1.82) is 0 Å². The van der Waals surface area contributed by atoms with Crippen LogP contribution in [0.4, 0.5) is 0 Å². The van der Waals surface area contributed by atoms with Crippen LogP contribution < -0.4 is 0 Å². The number of hydrogen-bond acceptors (Lipinski definition) is 5. The van der Waals surface area contributed by atoms with Gasteiger partial charge in [0.1, 0.15) is 12.1 Å². The van der Waals surface area contributed by atoms with Crippen LogP contribution in [0.5, 0.6) is 0 Å². The lowest BCUT2D eigenvalue weighted by atomic mass is 9.96. The van der Waals surface area contributed by atoms with E-state index in [9.17, 15) is 4.79 Å². The van der Waals surface area contributed by atoms with Gasteiger partial charge >= 0.3 is 0 Å². The molecule has 130 valence electrons. The summed E-state index contributed by atoms with van der Waals surface area (Å²) < 4.78 is 9.03. The Labute approximate surface area is 145 Å². The first-order valence-corrected chi connectivity index (χ1v) is 8.37. The fourth-order valence-corrected chi connectivity index (χ4v) is 3.35. The van der Waals surface area contributed by atoms with E-state index in [1.54, 1.807) is 18.6 Å². The predicted molar refractivity (Wildman–Crippen MR) is 88.9 cm³/mol. The van der Waals surface area contributed by atoms with Crippen LogP contribution in [0.25, 0.3) is 0 Å². The summed E-state index contributed by atoms with van der Waals surface area (Å²) in [6.45, 7) is 2.05. The van der Waals surface area contributed by atoms with E-state index in [1.165, 1.54) is 12.5 Å². The van der Waals surface area contributed by atoms with Crippen molar-refractivity contribution in [2.45, 2.75) is 25.3 Å². The van der Waals surface area contributed by atoms with Crippen LogP contribution in [0.3, 0.4) is 0 Å². The van der Waals surface area contributed by atoms with E-state index in [0.717, 1.165) is 31.0 Å². The smallest absolute Gasteiger partial charge is 0.257 e. The topological polar surface area (TPSA) is 82.0 Å². The number of aromatic nitrogens is 5. The number of carbonyl (C=O) groups is 1. The highest BCUT2D eigenvalue weighted by atomic mass is 16.3. The van der Waals surface area contributed by atoms with Crippen LogP contribution in [0, 0.1) is 0 Å². The third-order valence-electron chi connectivity index (χ3n) is 4.72. The average molecular weight is 340 g/mol. The van der Waals surface area contributed by atoms with E-state index >= 15 is 0 Å². The number of carbonyl (C=O) groups excluding carboxylic acids is 1. The highest BCUT2D eigenvalue weighted by Crippen LogP contribution is 2.27. The number of rotatable bonds is 4. The van der Waals surface area contributed by atoms with Gasteiger partial charge in [-0.05, 0) is 18.9 Å². The van der Waals surface area contributed by atoms with Crippen LogP contribution in [-0.2, 0) is 13.6 Å². The maximum absolute atomic E-state index is 12.6. The average Bonchev–Trinajstić information content (AvgIpc) is 3.38. The predicted octanol–water partition coefficient (Wildman–Crippen LogP) is 1.67. The van der Waals surface area contributed by atoms with Gasteiger partial charge in [-0.15, -0.1) is 10.2 Å². The number of imidazole rings is 1. The molecule has 25 heavy (non-hydrogen) atoms. The molecule has 3 aromatic heterocycles. The van der Waals surface area contributed by atoms with Crippen LogP contribution in [0.15, 0.2) is 41.7 Å². The molecule has 0 bridgehead atoms. The molecule has 4 rings (SSSR count). The summed E-state index contributed by atoms with van der Waals surface area (Å²) in [6, 6.07) is 1.71. The molecule has 8 heteroatoms. The van der Waals surface area contributed by atoms with E-state index < -0.39 is 0 Å². The Hall–Kier alpha value is -2.90. The Kier molecular flexibility index (Phi) is 4.09. The van der Waals surface area contributed by atoms with Gasteiger partial charge in [-0.2, -0.15) is 0 Å². The number of furan rings is 1. The molecule has 1 aliphatic heterocycles. The van der Waals surface area contributed by atoms with Gasteiger partial charge in [0.2, 0.25) is 0 Å². The normalized spacial score (nSPS) is 17.8. The van der Waals surface area contributed by atoms with Gasteiger partial charge in [0.15, 0.2) is 5.82 Å². The third kappa shape index (κ3) is 3.07. The molecule has 3 aromatic rings. The third-order valence-corrected chi connectivity index (χ3v) is 4.72. The molecule has 1 unspecified atom stereocenters. The fraction of sp³-hybridized carbons (Fsp3) is 0.412. The quantitative estimate of drug-likeness (QED) is 0.721. The standard InChI is InChI=1S/C17H20N6O2/c1-21-15(10-22-7-5-18-12-22)19-20-16(21)13-3-2-6-23(9-13)17(24)14-4-8-25-11-14/h4-5,7-8,11-13H,2-3,6,9-10H2,1H3. The SMILES string of the molecule is Cn1c(Cn2ccnc2)nnc1C1CCCN(C(=O)c2ccoc2)C1. The van der Waals surface area contributed by atoms with Gasteiger partial charge in [0.25, 0.3) is 5.91 Å². The van der Waals surface area contributed by atoms with E-state index in [0.29, 0.717) is 18.7 Å². The Bertz CT molecular complexity index is 837. The Morgan fingerprint density at radius 2 is 2.32 bits per heavy atom. The van der Waals surface area contributed by atoms with Gasteiger partial charge in [-0.1, -0.05) is 0 Å². The second-order valence-corrected chi connectivity index (χ2v) is 6.37. The molecule has 1 aliphatic rings. The number of hydrogen-bond donors (Lipinski definition) is 0. The van der Waals surface area contributed by atoms with Crippen LogP contribution in [0.2, 0.25) is 0 Å². The van der Waals surface area contributed by atoms with Gasteiger partial charge in [0, 0.05) is 38.4 Å². The lowest BCUT2D eigenvalue weighted by Gasteiger charge is -2.32. The van der Waals surface area contributed by atoms with Crippen LogP contribution >= 0.6 is 0 Å². The summed E-state index contributed by atoms with van der Waals surface area (Å²) in [5, 5.41) is 8.73. The van der Waals surface area contributed by atoms with Crippen molar-refractivity contribution in [2.75, 3.05) is 13.1 Å². The van der Waals surface area contributed by atoms with E-state index in [1.807, 2.05) is 27.3 Å². The van der Waals surface area contributed by atoms with Gasteiger partial charge in [0.05, 0.1) is 24.7 Å². The molecule has 0 aliphatic carbocycles. The van der Waals surface area contributed by atoms with Crippen LogP contribution in [0.1, 0.15) is 40.8 Å². The minimum atomic E-state index is 0.0132. The maximum Gasteiger partial charge on any atom is 0.257 e. The first-order valence-electron chi connectivity index (χ1n) is 8.37. The maximum atomic E-state index is 12.6. The number of amides is 1. The largest absolute Gasteiger partial charge is 0.472 e. The van der Waals surface area contributed by atoms with Crippen molar-refractivity contribution in [3.05, 3.63) is 54.5 Å².